The fraction of sp³-hybridized carbons (Fsp3) is 0.353. The summed E-state index contributed by atoms with van der Waals surface area (Å²) in [5.41, 5.74) is 1.50. The summed E-state index contributed by atoms with van der Waals surface area (Å²) in [6.07, 6.45) is 0. The Labute approximate surface area is 133 Å². The first-order valence-electron chi connectivity index (χ1n) is 7.71. The monoisotopic (exact) mass is 311 g/mol. The van der Waals surface area contributed by atoms with Gasteiger partial charge in [0.25, 0.3) is 0 Å². The van der Waals surface area contributed by atoms with Crippen LogP contribution in [0.2, 0.25) is 0 Å². The molecular weight excluding hydrogens is 294 g/mol. The van der Waals surface area contributed by atoms with Gasteiger partial charge in [0.2, 0.25) is 11.8 Å². The Morgan fingerprint density at radius 3 is 2.35 bits per heavy atom. The maximum absolute atomic E-state index is 12.6. The van der Waals surface area contributed by atoms with E-state index < -0.39 is 0 Å². The van der Waals surface area contributed by atoms with Gasteiger partial charge in [0.1, 0.15) is 0 Å². The summed E-state index contributed by atoms with van der Waals surface area (Å²) in [4.78, 5) is 28.7. The third kappa shape index (κ3) is 2.35. The molecule has 0 bridgehead atoms. The van der Waals surface area contributed by atoms with Crippen LogP contribution in [0.25, 0.3) is 0 Å². The topological polar surface area (TPSA) is 66.7 Å². The van der Waals surface area contributed by atoms with Crippen LogP contribution in [0.4, 0.5) is 5.69 Å². The van der Waals surface area contributed by atoms with Crippen molar-refractivity contribution in [2.75, 3.05) is 18.0 Å². The third-order valence-corrected chi connectivity index (χ3v) is 4.54. The number of rotatable bonds is 3. The van der Waals surface area contributed by atoms with E-state index in [4.69, 9.17) is 4.52 Å². The smallest absolute Gasteiger partial charge is 0.239 e. The molecule has 2 atom stereocenters. The Bertz CT molecular complexity index is 731. The summed E-state index contributed by atoms with van der Waals surface area (Å²) in [5, 5.41) is 3.87. The number of benzene rings is 1. The highest BCUT2D eigenvalue weighted by atomic mass is 16.5. The lowest BCUT2D eigenvalue weighted by Gasteiger charge is -2.19. The molecule has 0 N–H and O–H groups in total. The highest BCUT2D eigenvalue weighted by Gasteiger charge is 2.52. The minimum Gasteiger partial charge on any atom is -0.360 e. The second-order valence-corrected chi connectivity index (χ2v) is 6.19. The molecule has 4 rings (SSSR count). The van der Waals surface area contributed by atoms with E-state index in [0.29, 0.717) is 25.3 Å². The van der Waals surface area contributed by atoms with Gasteiger partial charge in [-0.2, -0.15) is 0 Å². The first kappa shape index (κ1) is 14.1. The molecule has 23 heavy (non-hydrogen) atoms. The number of likely N-dealkylation sites (tertiary alicyclic amines) is 1. The number of amides is 2. The Balaban J connectivity index is 1.50. The fourth-order valence-electron chi connectivity index (χ4n) is 3.50. The highest BCUT2D eigenvalue weighted by molar-refractivity contribution is 6.22. The minimum absolute atomic E-state index is 0.0950. The van der Waals surface area contributed by atoms with Gasteiger partial charge >= 0.3 is 0 Å². The zero-order chi connectivity index (χ0) is 16.0. The third-order valence-electron chi connectivity index (χ3n) is 4.54. The number of carbonyl (C=O) groups is 2. The van der Waals surface area contributed by atoms with Crippen molar-refractivity contribution in [3.05, 3.63) is 47.9 Å². The van der Waals surface area contributed by atoms with Crippen LogP contribution < -0.4 is 4.90 Å². The molecule has 2 saturated heterocycles. The maximum atomic E-state index is 12.6. The predicted octanol–water partition coefficient (Wildman–Crippen LogP) is 1.60. The Kier molecular flexibility index (Phi) is 3.27. The van der Waals surface area contributed by atoms with Crippen molar-refractivity contribution in [2.24, 2.45) is 11.8 Å². The van der Waals surface area contributed by atoms with Crippen LogP contribution in [-0.2, 0) is 16.1 Å². The van der Waals surface area contributed by atoms with Crippen molar-refractivity contribution >= 4 is 17.5 Å². The quantitative estimate of drug-likeness (QED) is 0.806. The van der Waals surface area contributed by atoms with Gasteiger partial charge < -0.3 is 4.52 Å². The average Bonchev–Trinajstić information content (AvgIpc) is 3.20. The normalized spacial score (nSPS) is 24.5. The van der Waals surface area contributed by atoms with Crippen LogP contribution in [-0.4, -0.2) is 35.0 Å². The van der Waals surface area contributed by atoms with Crippen LogP contribution in [0.1, 0.15) is 11.5 Å². The van der Waals surface area contributed by atoms with Gasteiger partial charge in [-0.05, 0) is 19.1 Å². The number of aromatic nitrogens is 1. The molecule has 0 aliphatic carbocycles. The molecule has 2 unspecified atom stereocenters. The van der Waals surface area contributed by atoms with Crippen molar-refractivity contribution in [3.63, 3.8) is 0 Å². The Hall–Kier alpha value is -2.47. The molecule has 2 aliphatic rings. The molecule has 118 valence electrons. The molecule has 2 aliphatic heterocycles. The van der Waals surface area contributed by atoms with Gasteiger partial charge in [-0.3, -0.25) is 14.5 Å². The van der Waals surface area contributed by atoms with Gasteiger partial charge in [0.15, 0.2) is 5.76 Å². The largest absolute Gasteiger partial charge is 0.360 e. The number of imide groups is 1. The highest BCUT2D eigenvalue weighted by Crippen LogP contribution is 2.36. The van der Waals surface area contributed by atoms with Gasteiger partial charge in [-0.15, -0.1) is 0 Å². The van der Waals surface area contributed by atoms with Crippen LogP contribution in [0.15, 0.2) is 40.9 Å². The SMILES string of the molecule is Cc1cc(CN2CC3C(=O)N(c4ccccc4)C(=O)C3C2)on1. The predicted molar refractivity (Wildman–Crippen MR) is 82.4 cm³/mol. The van der Waals surface area contributed by atoms with Gasteiger partial charge in [0.05, 0.1) is 29.8 Å². The molecular formula is C17H17N3O3. The molecule has 0 saturated carbocycles. The summed E-state index contributed by atoms with van der Waals surface area (Å²) in [7, 11) is 0. The van der Waals surface area contributed by atoms with E-state index in [0.717, 1.165) is 11.5 Å². The van der Waals surface area contributed by atoms with E-state index in [-0.39, 0.29) is 23.7 Å². The molecule has 0 spiro atoms. The Morgan fingerprint density at radius 1 is 1.13 bits per heavy atom. The van der Waals surface area contributed by atoms with Crippen LogP contribution in [0, 0.1) is 18.8 Å². The molecule has 6 heteroatoms. The number of anilines is 1. The minimum atomic E-state index is -0.258. The first-order valence-corrected chi connectivity index (χ1v) is 7.71. The van der Waals surface area contributed by atoms with Crippen molar-refractivity contribution in [1.29, 1.82) is 0 Å². The van der Waals surface area contributed by atoms with Gasteiger partial charge in [-0.25, -0.2) is 4.90 Å². The van der Waals surface area contributed by atoms with Gasteiger partial charge in [-0.1, -0.05) is 23.4 Å². The van der Waals surface area contributed by atoms with Crippen LogP contribution >= 0.6 is 0 Å². The summed E-state index contributed by atoms with van der Waals surface area (Å²) in [6.45, 7) is 3.62. The standard InChI is InChI=1S/C17H17N3O3/c1-11-7-13(23-18-11)8-19-9-14-15(10-19)17(22)20(16(14)21)12-5-3-2-4-6-12/h2-7,14-15H,8-10H2,1H3. The molecule has 1 aromatic heterocycles. The molecule has 2 fully saturated rings. The second-order valence-electron chi connectivity index (χ2n) is 6.19. The van der Waals surface area contributed by atoms with Crippen molar-refractivity contribution in [2.45, 2.75) is 13.5 Å². The number of carbonyl (C=O) groups excluding carboxylic acids is 2. The molecule has 2 aromatic rings. The summed E-state index contributed by atoms with van der Waals surface area (Å²) in [6, 6.07) is 11.0. The number of hydrogen-bond acceptors (Lipinski definition) is 5. The zero-order valence-corrected chi connectivity index (χ0v) is 12.8. The molecule has 2 amide bonds. The fourth-order valence-corrected chi connectivity index (χ4v) is 3.50. The van der Waals surface area contributed by atoms with E-state index in [1.165, 1.54) is 4.90 Å². The number of fused-ring (bicyclic) bond motifs is 1. The lowest BCUT2D eigenvalue weighted by Crippen LogP contribution is -2.35. The Morgan fingerprint density at radius 2 is 1.78 bits per heavy atom. The summed E-state index contributed by atoms with van der Waals surface area (Å²) >= 11 is 0. The zero-order valence-electron chi connectivity index (χ0n) is 12.8. The number of nitrogens with zero attached hydrogens (tertiary/aromatic N) is 3. The average molecular weight is 311 g/mol. The lowest BCUT2D eigenvalue weighted by atomic mass is 10.00. The summed E-state index contributed by atoms with van der Waals surface area (Å²) in [5.74, 6) is 0.0608. The van der Waals surface area contributed by atoms with E-state index in [1.807, 2.05) is 31.2 Å². The van der Waals surface area contributed by atoms with Crippen molar-refractivity contribution < 1.29 is 14.1 Å². The maximum Gasteiger partial charge on any atom is 0.239 e. The van der Waals surface area contributed by atoms with Gasteiger partial charge in [0, 0.05) is 19.2 Å². The number of hydrogen-bond donors (Lipinski definition) is 0. The number of para-hydroxylation sites is 1. The van der Waals surface area contributed by atoms with Crippen molar-refractivity contribution in [1.82, 2.24) is 10.1 Å². The van der Waals surface area contributed by atoms with Crippen LogP contribution in [0.5, 0.6) is 0 Å². The molecule has 6 nitrogen and oxygen atoms in total. The van der Waals surface area contributed by atoms with E-state index in [1.54, 1.807) is 12.1 Å². The van der Waals surface area contributed by atoms with Crippen molar-refractivity contribution in [3.8, 4) is 0 Å². The molecule has 1 aromatic carbocycles. The lowest BCUT2D eigenvalue weighted by molar-refractivity contribution is -0.123. The second kappa shape index (κ2) is 5.31. The number of aryl methyl sites for hydroxylation is 1. The van der Waals surface area contributed by atoms with Crippen LogP contribution in [0.3, 0.4) is 0 Å². The molecule has 3 heterocycles. The van der Waals surface area contributed by atoms with E-state index in [2.05, 4.69) is 10.1 Å². The van der Waals surface area contributed by atoms with E-state index in [9.17, 15) is 9.59 Å². The van der Waals surface area contributed by atoms with E-state index >= 15 is 0 Å². The first-order chi connectivity index (χ1) is 11.1. The molecule has 0 radical (unpaired) electrons. The summed E-state index contributed by atoms with van der Waals surface area (Å²) < 4.78 is 5.22.